The highest BCUT2D eigenvalue weighted by molar-refractivity contribution is 5.84. The zero-order chi connectivity index (χ0) is 16.6. The molecular formula is C17H21N5O2. The van der Waals surface area contributed by atoms with Crippen LogP contribution in [0.5, 0.6) is 0 Å². The van der Waals surface area contributed by atoms with Gasteiger partial charge < -0.3 is 10.1 Å². The molecule has 1 atom stereocenters. The fourth-order valence-electron chi connectivity index (χ4n) is 3.20. The molecule has 1 fully saturated rings. The SMILES string of the molecule is CC1(C(=O)NCCc2cccnc2)COCc2nnc(C3CC3)n21. The first-order chi connectivity index (χ1) is 11.7. The summed E-state index contributed by atoms with van der Waals surface area (Å²) in [6.45, 7) is 3.23. The molecule has 4 rings (SSSR count). The van der Waals surface area contributed by atoms with Gasteiger partial charge in [0.15, 0.2) is 5.82 Å². The average molecular weight is 327 g/mol. The van der Waals surface area contributed by atoms with Crippen LogP contribution in [0.15, 0.2) is 24.5 Å². The van der Waals surface area contributed by atoms with E-state index < -0.39 is 5.54 Å². The van der Waals surface area contributed by atoms with E-state index >= 15 is 0 Å². The predicted molar refractivity (Wildman–Crippen MR) is 86.3 cm³/mol. The van der Waals surface area contributed by atoms with Gasteiger partial charge in [0.05, 0.1) is 6.61 Å². The van der Waals surface area contributed by atoms with Gasteiger partial charge >= 0.3 is 0 Å². The number of hydrogen-bond acceptors (Lipinski definition) is 5. The summed E-state index contributed by atoms with van der Waals surface area (Å²) in [6.07, 6.45) is 6.56. The van der Waals surface area contributed by atoms with Gasteiger partial charge in [-0.25, -0.2) is 0 Å². The largest absolute Gasteiger partial charge is 0.370 e. The van der Waals surface area contributed by atoms with Crippen molar-refractivity contribution in [2.45, 2.75) is 44.2 Å². The van der Waals surface area contributed by atoms with Crippen LogP contribution in [-0.4, -0.2) is 38.8 Å². The summed E-state index contributed by atoms with van der Waals surface area (Å²) in [5.41, 5.74) is 0.315. The number of pyridine rings is 1. The number of amides is 1. The van der Waals surface area contributed by atoms with E-state index in [2.05, 4.69) is 20.5 Å². The summed E-state index contributed by atoms with van der Waals surface area (Å²) in [7, 11) is 0. The number of hydrogen-bond donors (Lipinski definition) is 1. The maximum absolute atomic E-state index is 12.9. The molecule has 2 aliphatic rings. The maximum Gasteiger partial charge on any atom is 0.248 e. The van der Waals surface area contributed by atoms with Gasteiger partial charge in [-0.05, 0) is 37.8 Å². The van der Waals surface area contributed by atoms with Crippen molar-refractivity contribution in [1.29, 1.82) is 0 Å². The average Bonchev–Trinajstić information content (AvgIpc) is 3.35. The smallest absolute Gasteiger partial charge is 0.248 e. The molecule has 1 amide bonds. The lowest BCUT2D eigenvalue weighted by Crippen LogP contribution is -2.53. The molecule has 7 nitrogen and oxygen atoms in total. The molecule has 1 N–H and O–H groups in total. The van der Waals surface area contributed by atoms with Crippen LogP contribution >= 0.6 is 0 Å². The first kappa shape index (κ1) is 15.3. The van der Waals surface area contributed by atoms with Crippen molar-refractivity contribution < 1.29 is 9.53 Å². The Labute approximate surface area is 140 Å². The standard InChI is InChI=1S/C17H21N5O2/c1-17(16(23)19-8-6-12-3-2-7-18-9-12)11-24-10-14-20-21-15(22(14)17)13-4-5-13/h2-3,7,9,13H,4-6,8,10-11H2,1H3,(H,19,23). The lowest BCUT2D eigenvalue weighted by Gasteiger charge is -2.35. The van der Waals surface area contributed by atoms with Crippen LogP contribution in [0.1, 0.15) is 42.9 Å². The number of nitrogens with one attached hydrogen (secondary N) is 1. The first-order valence-corrected chi connectivity index (χ1v) is 8.38. The van der Waals surface area contributed by atoms with Crippen molar-refractivity contribution in [2.75, 3.05) is 13.2 Å². The normalized spacial score (nSPS) is 22.9. The van der Waals surface area contributed by atoms with Crippen molar-refractivity contribution in [2.24, 2.45) is 0 Å². The molecule has 2 aromatic rings. The molecule has 3 heterocycles. The van der Waals surface area contributed by atoms with E-state index in [4.69, 9.17) is 4.74 Å². The molecule has 1 aliphatic heterocycles. The van der Waals surface area contributed by atoms with Gasteiger partial charge in [0.2, 0.25) is 5.91 Å². The van der Waals surface area contributed by atoms with Gasteiger partial charge in [-0.1, -0.05) is 6.07 Å². The third-order valence-corrected chi connectivity index (χ3v) is 4.72. The number of carbonyl (C=O) groups is 1. The Bertz CT molecular complexity index is 741. The van der Waals surface area contributed by atoms with Crippen molar-refractivity contribution in [3.8, 4) is 0 Å². The molecule has 0 bridgehead atoms. The second kappa shape index (κ2) is 5.98. The van der Waals surface area contributed by atoms with Crippen molar-refractivity contribution >= 4 is 5.91 Å². The first-order valence-electron chi connectivity index (χ1n) is 8.38. The van der Waals surface area contributed by atoms with E-state index in [9.17, 15) is 4.79 Å². The minimum Gasteiger partial charge on any atom is -0.370 e. The Kier molecular flexibility index (Phi) is 3.80. The fraction of sp³-hybridized carbons (Fsp3) is 0.529. The second-order valence-electron chi connectivity index (χ2n) is 6.72. The van der Waals surface area contributed by atoms with Crippen molar-refractivity contribution in [3.63, 3.8) is 0 Å². The number of rotatable bonds is 5. The Morgan fingerprint density at radius 2 is 2.33 bits per heavy atom. The van der Waals surface area contributed by atoms with Crippen LogP contribution < -0.4 is 5.32 Å². The second-order valence-corrected chi connectivity index (χ2v) is 6.72. The number of ether oxygens (including phenoxy) is 1. The van der Waals surface area contributed by atoms with Gasteiger partial charge in [-0.2, -0.15) is 0 Å². The molecule has 1 saturated carbocycles. The minimum absolute atomic E-state index is 0.0472. The predicted octanol–water partition coefficient (Wildman–Crippen LogP) is 1.15. The summed E-state index contributed by atoms with van der Waals surface area (Å²) in [5.74, 6) is 2.06. The Hall–Kier alpha value is -2.28. The molecule has 0 radical (unpaired) electrons. The summed E-state index contributed by atoms with van der Waals surface area (Å²) in [5, 5.41) is 11.6. The molecule has 0 spiro atoms. The van der Waals surface area contributed by atoms with Crippen LogP contribution in [0, 0.1) is 0 Å². The van der Waals surface area contributed by atoms with E-state index in [0.29, 0.717) is 25.7 Å². The Balaban J connectivity index is 1.49. The van der Waals surface area contributed by atoms with Gasteiger partial charge in [-0.15, -0.1) is 10.2 Å². The van der Waals surface area contributed by atoms with Crippen molar-refractivity contribution in [3.05, 3.63) is 41.7 Å². The maximum atomic E-state index is 12.9. The molecule has 0 aromatic carbocycles. The molecule has 7 heteroatoms. The van der Waals surface area contributed by atoms with Crippen LogP contribution in [0.4, 0.5) is 0 Å². The van der Waals surface area contributed by atoms with E-state index in [0.717, 1.165) is 36.5 Å². The highest BCUT2D eigenvalue weighted by atomic mass is 16.5. The molecule has 2 aromatic heterocycles. The third-order valence-electron chi connectivity index (χ3n) is 4.72. The van der Waals surface area contributed by atoms with Gasteiger partial charge in [0.25, 0.3) is 0 Å². The lowest BCUT2D eigenvalue weighted by molar-refractivity contribution is -0.135. The lowest BCUT2D eigenvalue weighted by atomic mass is 9.99. The zero-order valence-corrected chi connectivity index (χ0v) is 13.7. The van der Waals surface area contributed by atoms with E-state index in [1.54, 1.807) is 6.20 Å². The van der Waals surface area contributed by atoms with Gasteiger partial charge in [0.1, 0.15) is 18.0 Å². The van der Waals surface area contributed by atoms with E-state index in [-0.39, 0.29) is 5.91 Å². The Morgan fingerprint density at radius 3 is 3.08 bits per heavy atom. The zero-order valence-electron chi connectivity index (χ0n) is 13.7. The van der Waals surface area contributed by atoms with Crippen LogP contribution in [-0.2, 0) is 28.1 Å². The van der Waals surface area contributed by atoms with Crippen LogP contribution in [0.2, 0.25) is 0 Å². The Morgan fingerprint density at radius 1 is 1.46 bits per heavy atom. The quantitative estimate of drug-likeness (QED) is 0.891. The number of aromatic nitrogens is 4. The highest BCUT2D eigenvalue weighted by Gasteiger charge is 2.44. The summed E-state index contributed by atoms with van der Waals surface area (Å²) < 4.78 is 7.62. The molecule has 24 heavy (non-hydrogen) atoms. The van der Waals surface area contributed by atoms with Crippen LogP contribution in [0.25, 0.3) is 0 Å². The third kappa shape index (κ3) is 2.69. The molecule has 0 saturated heterocycles. The molecule has 1 unspecified atom stereocenters. The summed E-state index contributed by atoms with van der Waals surface area (Å²) in [6, 6.07) is 3.91. The number of fused-ring (bicyclic) bond motifs is 1. The highest BCUT2D eigenvalue weighted by Crippen LogP contribution is 2.41. The molecule has 126 valence electrons. The summed E-state index contributed by atoms with van der Waals surface area (Å²) >= 11 is 0. The number of carbonyl (C=O) groups excluding carboxylic acids is 1. The minimum atomic E-state index is -0.788. The number of nitrogens with zero attached hydrogens (tertiary/aromatic N) is 4. The monoisotopic (exact) mass is 327 g/mol. The van der Waals surface area contributed by atoms with Gasteiger partial charge in [-0.3, -0.25) is 14.3 Å². The van der Waals surface area contributed by atoms with E-state index in [1.165, 1.54) is 0 Å². The van der Waals surface area contributed by atoms with Crippen LogP contribution in [0.3, 0.4) is 0 Å². The van der Waals surface area contributed by atoms with E-state index in [1.807, 2.05) is 29.8 Å². The van der Waals surface area contributed by atoms with Gasteiger partial charge in [0, 0.05) is 24.9 Å². The fourth-order valence-corrected chi connectivity index (χ4v) is 3.20. The topological polar surface area (TPSA) is 81.9 Å². The molecule has 1 aliphatic carbocycles. The van der Waals surface area contributed by atoms with Crippen molar-refractivity contribution in [1.82, 2.24) is 25.1 Å². The molecular weight excluding hydrogens is 306 g/mol. The summed E-state index contributed by atoms with van der Waals surface area (Å²) in [4.78, 5) is 17.0.